The van der Waals surface area contributed by atoms with Gasteiger partial charge in [-0.1, -0.05) is 0 Å². The molecule has 24 heavy (non-hydrogen) atoms. The van der Waals surface area contributed by atoms with Gasteiger partial charge in [0.25, 0.3) is 0 Å². The Bertz CT molecular complexity index is 738. The van der Waals surface area contributed by atoms with Gasteiger partial charge >= 0.3 is 0 Å². The molecule has 5 rings (SSSR count). The molecule has 0 amide bonds. The average Bonchev–Trinajstić information content (AvgIpc) is 3.28. The SMILES string of the molecule is C1=C2CCC(=N2)C=C2CCC(N2)C2CCC(=N2)C=C2CCC1=N2.O. The normalized spacial score (nSPS) is 30.7. The summed E-state index contributed by atoms with van der Waals surface area (Å²) in [4.78, 5) is 14.6. The lowest BCUT2D eigenvalue weighted by molar-refractivity contribution is 0.492. The molecule has 0 radical (unpaired) electrons. The fraction of sp³-hybridized carbons (Fsp3) is 0.526. The summed E-state index contributed by atoms with van der Waals surface area (Å²) in [5.41, 5.74) is 7.41. The molecule has 0 saturated carbocycles. The number of rotatable bonds is 0. The monoisotopic (exact) mass is 324 g/mol. The van der Waals surface area contributed by atoms with Gasteiger partial charge in [0.2, 0.25) is 0 Å². The highest BCUT2D eigenvalue weighted by atomic mass is 16.0. The summed E-state index contributed by atoms with van der Waals surface area (Å²) in [7, 11) is 0. The standard InChI is InChI=1S/C19H22N4.H2O/c1-3-14-10-16-5-7-18(22-16)19-8-6-17(23-19)11-15-4-2-13(21-15)9-12(1)20-14;/h9-11,18-19,22H,1-8H2;1H2. The van der Waals surface area contributed by atoms with Crippen LogP contribution in [0.25, 0.3) is 0 Å². The molecule has 2 unspecified atom stereocenters. The third-order valence-electron chi connectivity index (χ3n) is 5.44. The molecule has 5 aliphatic rings. The van der Waals surface area contributed by atoms with Crippen molar-refractivity contribution in [3.8, 4) is 0 Å². The summed E-state index contributed by atoms with van der Waals surface area (Å²) in [5.74, 6) is 0. The van der Waals surface area contributed by atoms with Gasteiger partial charge in [0.15, 0.2) is 0 Å². The van der Waals surface area contributed by atoms with Crippen molar-refractivity contribution in [1.82, 2.24) is 5.32 Å². The summed E-state index contributed by atoms with van der Waals surface area (Å²) in [5, 5.41) is 3.71. The van der Waals surface area contributed by atoms with Gasteiger partial charge in [-0.05, 0) is 69.6 Å². The topological polar surface area (TPSA) is 80.6 Å². The van der Waals surface area contributed by atoms with Crippen molar-refractivity contribution in [3.05, 3.63) is 35.3 Å². The molecule has 1 saturated heterocycles. The van der Waals surface area contributed by atoms with Crippen molar-refractivity contribution in [2.24, 2.45) is 15.0 Å². The fourth-order valence-corrected chi connectivity index (χ4v) is 4.24. The zero-order chi connectivity index (χ0) is 15.2. The molecule has 5 heterocycles. The second kappa shape index (κ2) is 6.13. The number of aliphatic imine (C=N–C) groups is 3. The van der Waals surface area contributed by atoms with Gasteiger partial charge in [0.1, 0.15) is 0 Å². The van der Waals surface area contributed by atoms with E-state index in [0.29, 0.717) is 12.1 Å². The largest absolute Gasteiger partial charge is 0.412 e. The zero-order valence-corrected chi connectivity index (χ0v) is 13.9. The van der Waals surface area contributed by atoms with Crippen molar-refractivity contribution in [2.45, 2.75) is 63.5 Å². The lowest BCUT2D eigenvalue weighted by atomic mass is 10.0. The molecule has 1 fully saturated rings. The predicted octanol–water partition coefficient (Wildman–Crippen LogP) is 2.65. The molecule has 5 nitrogen and oxygen atoms in total. The molecule has 126 valence electrons. The zero-order valence-electron chi connectivity index (χ0n) is 13.9. The van der Waals surface area contributed by atoms with Gasteiger partial charge in [0.05, 0.1) is 6.04 Å². The van der Waals surface area contributed by atoms with E-state index in [1.54, 1.807) is 0 Å². The van der Waals surface area contributed by atoms with E-state index in [4.69, 9.17) is 15.0 Å². The summed E-state index contributed by atoms with van der Waals surface area (Å²) in [6.45, 7) is 0. The van der Waals surface area contributed by atoms with Gasteiger partial charge in [-0.2, -0.15) is 0 Å². The number of nitrogens with one attached hydrogen (secondary N) is 1. The number of hydrogen-bond acceptors (Lipinski definition) is 4. The van der Waals surface area contributed by atoms with Crippen LogP contribution in [0.1, 0.15) is 51.4 Å². The highest BCUT2D eigenvalue weighted by molar-refractivity contribution is 6.03. The Hall–Kier alpha value is -2.01. The summed E-state index contributed by atoms with van der Waals surface area (Å²) >= 11 is 0. The Morgan fingerprint density at radius 2 is 1.46 bits per heavy atom. The lowest BCUT2D eigenvalue weighted by Gasteiger charge is -2.16. The van der Waals surface area contributed by atoms with E-state index in [2.05, 4.69) is 23.5 Å². The van der Waals surface area contributed by atoms with Crippen molar-refractivity contribution in [1.29, 1.82) is 0 Å². The molecule has 0 spiro atoms. The van der Waals surface area contributed by atoms with E-state index < -0.39 is 0 Å². The molecule has 0 aromatic carbocycles. The minimum Gasteiger partial charge on any atom is -0.412 e. The smallest absolute Gasteiger partial charge is 0.0707 e. The Balaban J connectivity index is 0.00000146. The second-order valence-electron chi connectivity index (χ2n) is 7.16. The molecule has 0 aromatic heterocycles. The van der Waals surface area contributed by atoms with Gasteiger partial charge in [-0.3, -0.25) is 15.0 Å². The maximum absolute atomic E-state index is 4.98. The molecular weight excluding hydrogens is 300 g/mol. The van der Waals surface area contributed by atoms with Gasteiger partial charge in [-0.15, -0.1) is 0 Å². The Kier molecular flexibility index (Phi) is 3.96. The number of fused-ring (bicyclic) bond motifs is 6. The van der Waals surface area contributed by atoms with Gasteiger partial charge < -0.3 is 10.8 Å². The molecule has 0 aliphatic carbocycles. The molecule has 5 aliphatic heterocycles. The van der Waals surface area contributed by atoms with Crippen LogP contribution in [0.5, 0.6) is 0 Å². The van der Waals surface area contributed by atoms with Crippen molar-refractivity contribution < 1.29 is 5.48 Å². The third-order valence-corrected chi connectivity index (χ3v) is 5.44. The molecule has 5 heteroatoms. The molecule has 8 bridgehead atoms. The summed E-state index contributed by atoms with van der Waals surface area (Å²) in [6, 6.07) is 0.934. The molecule has 0 aromatic rings. The van der Waals surface area contributed by atoms with Crippen molar-refractivity contribution in [3.63, 3.8) is 0 Å². The Labute approximate surface area is 142 Å². The minimum absolute atomic E-state index is 0. The van der Waals surface area contributed by atoms with E-state index >= 15 is 0 Å². The Morgan fingerprint density at radius 3 is 2.25 bits per heavy atom. The van der Waals surface area contributed by atoms with Crippen LogP contribution in [-0.4, -0.2) is 34.7 Å². The van der Waals surface area contributed by atoms with Gasteiger partial charge in [-0.25, -0.2) is 0 Å². The van der Waals surface area contributed by atoms with Crippen LogP contribution in [0.3, 0.4) is 0 Å². The van der Waals surface area contributed by atoms with Crippen LogP contribution >= 0.6 is 0 Å². The van der Waals surface area contributed by atoms with Crippen LogP contribution in [0.15, 0.2) is 50.3 Å². The van der Waals surface area contributed by atoms with Gasteiger partial charge in [0, 0.05) is 40.3 Å². The highest BCUT2D eigenvalue weighted by Crippen LogP contribution is 2.29. The van der Waals surface area contributed by atoms with Crippen LogP contribution < -0.4 is 5.32 Å². The third kappa shape index (κ3) is 2.88. The van der Waals surface area contributed by atoms with E-state index in [-0.39, 0.29) is 5.48 Å². The first-order valence-electron chi connectivity index (χ1n) is 8.92. The summed E-state index contributed by atoms with van der Waals surface area (Å²) < 4.78 is 0. The first-order valence-corrected chi connectivity index (χ1v) is 8.92. The van der Waals surface area contributed by atoms with E-state index in [1.165, 1.54) is 47.1 Å². The maximum atomic E-state index is 4.98. The quantitative estimate of drug-likeness (QED) is 0.730. The molecular formula is C19H24N4O. The first-order chi connectivity index (χ1) is 11.3. The van der Waals surface area contributed by atoms with E-state index in [0.717, 1.165) is 38.5 Å². The van der Waals surface area contributed by atoms with Crippen LogP contribution in [-0.2, 0) is 0 Å². The van der Waals surface area contributed by atoms with E-state index in [1.807, 2.05) is 0 Å². The predicted molar refractivity (Wildman–Crippen MR) is 97.8 cm³/mol. The first kappa shape index (κ1) is 15.5. The van der Waals surface area contributed by atoms with Crippen LogP contribution in [0, 0.1) is 0 Å². The lowest BCUT2D eigenvalue weighted by Crippen LogP contribution is -2.31. The number of allylic oxidation sites excluding steroid dienone is 6. The van der Waals surface area contributed by atoms with Crippen LogP contribution in [0.2, 0.25) is 0 Å². The number of hydrogen-bond donors (Lipinski definition) is 1. The minimum atomic E-state index is 0. The Morgan fingerprint density at radius 1 is 0.750 bits per heavy atom. The fourth-order valence-electron chi connectivity index (χ4n) is 4.24. The molecule has 3 N–H and O–H groups in total. The van der Waals surface area contributed by atoms with Crippen LogP contribution in [0.4, 0.5) is 0 Å². The van der Waals surface area contributed by atoms with Crippen molar-refractivity contribution in [2.75, 3.05) is 0 Å². The second-order valence-corrected chi connectivity index (χ2v) is 7.16. The number of nitrogens with zero attached hydrogens (tertiary/aromatic N) is 3. The van der Waals surface area contributed by atoms with E-state index in [9.17, 15) is 0 Å². The summed E-state index contributed by atoms with van der Waals surface area (Å²) in [6.07, 6.45) is 15.5. The van der Waals surface area contributed by atoms with Crippen molar-refractivity contribution >= 4 is 17.1 Å². The highest BCUT2D eigenvalue weighted by Gasteiger charge is 2.30. The maximum Gasteiger partial charge on any atom is 0.0707 e. The molecule has 2 atom stereocenters. The average molecular weight is 324 g/mol.